The summed E-state index contributed by atoms with van der Waals surface area (Å²) in [4.78, 5) is 26.4. The van der Waals surface area contributed by atoms with Gasteiger partial charge in [0.25, 0.3) is 0 Å². The summed E-state index contributed by atoms with van der Waals surface area (Å²) in [6.45, 7) is 0.439. The highest BCUT2D eigenvalue weighted by atomic mass is 16.6. The number of hydrogen-bond acceptors (Lipinski definition) is 6. The molecule has 4 rings (SSSR count). The zero-order valence-corrected chi connectivity index (χ0v) is 15.9. The van der Waals surface area contributed by atoms with Crippen LogP contribution >= 0.6 is 0 Å². The van der Waals surface area contributed by atoms with Crippen LogP contribution in [0.15, 0.2) is 12.1 Å². The van der Waals surface area contributed by atoms with Crippen LogP contribution in [0.4, 0.5) is 4.79 Å². The predicted octanol–water partition coefficient (Wildman–Crippen LogP) is 2.43. The SMILES string of the molecule is COC(=O)N1CC[C@@]23CC(=O)CC[C@@H]2Oc2c(OC)ccc(c23)CC1OC. The highest BCUT2D eigenvalue weighted by Gasteiger charge is 2.55. The summed E-state index contributed by atoms with van der Waals surface area (Å²) in [6, 6.07) is 3.88. The maximum Gasteiger partial charge on any atom is 0.411 e. The van der Waals surface area contributed by atoms with Crippen molar-refractivity contribution >= 4 is 11.9 Å². The van der Waals surface area contributed by atoms with Crippen molar-refractivity contribution in [1.82, 2.24) is 4.90 Å². The molecular weight excluding hydrogens is 350 g/mol. The molecule has 1 aliphatic carbocycles. The number of carbonyl (C=O) groups is 2. The van der Waals surface area contributed by atoms with Crippen LogP contribution in [0, 0.1) is 0 Å². The second-order valence-corrected chi connectivity index (χ2v) is 7.46. The normalized spacial score (nSPS) is 29.1. The third-order valence-electron chi connectivity index (χ3n) is 6.22. The number of carbonyl (C=O) groups excluding carboxylic acids is 2. The lowest BCUT2D eigenvalue weighted by Gasteiger charge is -2.42. The van der Waals surface area contributed by atoms with Crippen LogP contribution in [-0.4, -0.2) is 57.0 Å². The minimum atomic E-state index is -0.439. The Hall–Kier alpha value is -2.28. The van der Waals surface area contributed by atoms with Crippen LogP contribution in [0.1, 0.15) is 36.8 Å². The molecule has 1 spiro atoms. The van der Waals surface area contributed by atoms with Crippen LogP contribution in [0.3, 0.4) is 0 Å². The monoisotopic (exact) mass is 375 g/mol. The van der Waals surface area contributed by atoms with Crippen molar-refractivity contribution in [2.45, 2.75) is 49.9 Å². The van der Waals surface area contributed by atoms with Crippen molar-refractivity contribution in [3.63, 3.8) is 0 Å². The fraction of sp³-hybridized carbons (Fsp3) is 0.600. The van der Waals surface area contributed by atoms with Crippen LogP contribution in [0.5, 0.6) is 11.5 Å². The topological polar surface area (TPSA) is 74.3 Å². The molecule has 3 atom stereocenters. The first kappa shape index (κ1) is 18.1. The van der Waals surface area contributed by atoms with Gasteiger partial charge in [-0.15, -0.1) is 0 Å². The van der Waals surface area contributed by atoms with Gasteiger partial charge in [-0.2, -0.15) is 0 Å². The first-order valence-electron chi connectivity index (χ1n) is 9.30. The number of hydrogen-bond donors (Lipinski definition) is 0. The number of ketones is 1. The lowest BCUT2D eigenvalue weighted by Crippen LogP contribution is -2.51. The average Bonchev–Trinajstić information content (AvgIpc) is 3.00. The van der Waals surface area contributed by atoms with Gasteiger partial charge < -0.3 is 18.9 Å². The largest absolute Gasteiger partial charge is 0.493 e. The van der Waals surface area contributed by atoms with Gasteiger partial charge in [-0.05, 0) is 24.5 Å². The molecule has 2 heterocycles. The van der Waals surface area contributed by atoms with Gasteiger partial charge in [0, 0.05) is 43.9 Å². The first-order chi connectivity index (χ1) is 13.0. The van der Waals surface area contributed by atoms with Crippen molar-refractivity contribution in [3.8, 4) is 11.5 Å². The van der Waals surface area contributed by atoms with Gasteiger partial charge in [0.05, 0.1) is 14.2 Å². The average molecular weight is 375 g/mol. The van der Waals surface area contributed by atoms with E-state index in [4.69, 9.17) is 18.9 Å². The van der Waals surface area contributed by atoms with Gasteiger partial charge in [-0.25, -0.2) is 4.79 Å². The lowest BCUT2D eigenvalue weighted by atomic mass is 9.64. The van der Waals surface area contributed by atoms with Gasteiger partial charge in [0.1, 0.15) is 18.1 Å². The molecule has 2 aliphatic heterocycles. The van der Waals surface area contributed by atoms with E-state index in [1.165, 1.54) is 7.11 Å². The van der Waals surface area contributed by atoms with E-state index in [0.717, 1.165) is 16.9 Å². The summed E-state index contributed by atoms with van der Waals surface area (Å²) in [5.74, 6) is 1.68. The Bertz CT molecular complexity index is 778. The first-order valence-corrected chi connectivity index (χ1v) is 9.30. The number of nitrogens with zero attached hydrogens (tertiary/aromatic N) is 1. The van der Waals surface area contributed by atoms with Crippen LogP contribution < -0.4 is 9.47 Å². The molecule has 1 aromatic rings. The Kier molecular flexibility index (Phi) is 4.50. The molecular formula is C20H25NO6. The number of methoxy groups -OCH3 is 3. The summed E-state index contributed by atoms with van der Waals surface area (Å²) in [5, 5.41) is 0. The van der Waals surface area contributed by atoms with Crippen LogP contribution in [-0.2, 0) is 26.1 Å². The second kappa shape index (κ2) is 6.71. The summed E-state index contributed by atoms with van der Waals surface area (Å²) in [6.07, 6.45) is 1.81. The molecule has 0 radical (unpaired) electrons. The third-order valence-corrected chi connectivity index (χ3v) is 6.22. The second-order valence-electron chi connectivity index (χ2n) is 7.46. The molecule has 1 amide bonds. The van der Waals surface area contributed by atoms with Crippen molar-refractivity contribution in [3.05, 3.63) is 23.3 Å². The predicted molar refractivity (Wildman–Crippen MR) is 96.2 cm³/mol. The van der Waals surface area contributed by atoms with E-state index in [1.807, 2.05) is 12.1 Å². The Morgan fingerprint density at radius 3 is 2.81 bits per heavy atom. The van der Waals surface area contributed by atoms with Crippen molar-refractivity contribution in [1.29, 1.82) is 0 Å². The van der Waals surface area contributed by atoms with E-state index in [-0.39, 0.29) is 11.9 Å². The maximum absolute atomic E-state index is 12.4. The van der Waals surface area contributed by atoms with Gasteiger partial charge in [0.15, 0.2) is 11.5 Å². The number of rotatable bonds is 2. The Morgan fingerprint density at radius 1 is 1.30 bits per heavy atom. The van der Waals surface area contributed by atoms with Gasteiger partial charge in [-0.1, -0.05) is 6.07 Å². The number of Topliss-reactive ketones (excluding diaryl/α,β-unsaturated/α-hetero) is 1. The van der Waals surface area contributed by atoms with E-state index < -0.39 is 17.7 Å². The smallest absolute Gasteiger partial charge is 0.411 e. The molecule has 1 fully saturated rings. The molecule has 146 valence electrons. The van der Waals surface area contributed by atoms with Crippen molar-refractivity contribution in [2.24, 2.45) is 0 Å². The van der Waals surface area contributed by atoms with Gasteiger partial charge in [-0.3, -0.25) is 9.69 Å². The lowest BCUT2D eigenvalue weighted by molar-refractivity contribution is -0.124. The summed E-state index contributed by atoms with van der Waals surface area (Å²) >= 11 is 0. The zero-order chi connectivity index (χ0) is 19.2. The zero-order valence-electron chi connectivity index (χ0n) is 15.9. The van der Waals surface area contributed by atoms with E-state index >= 15 is 0 Å². The Labute approximate surface area is 158 Å². The molecule has 0 saturated heterocycles. The summed E-state index contributed by atoms with van der Waals surface area (Å²) in [5.41, 5.74) is 1.66. The van der Waals surface area contributed by atoms with E-state index in [9.17, 15) is 9.59 Å². The molecule has 7 heteroatoms. The molecule has 7 nitrogen and oxygen atoms in total. The third kappa shape index (κ3) is 2.67. The Balaban J connectivity index is 1.87. The fourth-order valence-electron chi connectivity index (χ4n) is 4.96. The Morgan fingerprint density at radius 2 is 2.11 bits per heavy atom. The van der Waals surface area contributed by atoms with Gasteiger partial charge >= 0.3 is 6.09 Å². The van der Waals surface area contributed by atoms with Crippen molar-refractivity contribution in [2.75, 3.05) is 27.9 Å². The minimum Gasteiger partial charge on any atom is -0.493 e. The quantitative estimate of drug-likeness (QED) is 0.790. The van der Waals surface area contributed by atoms with E-state index in [2.05, 4.69) is 0 Å². The molecule has 3 aliphatic rings. The van der Waals surface area contributed by atoms with Crippen molar-refractivity contribution < 1.29 is 28.5 Å². The molecule has 0 bridgehead atoms. The fourth-order valence-corrected chi connectivity index (χ4v) is 4.96. The molecule has 1 unspecified atom stereocenters. The number of benzene rings is 1. The highest BCUT2D eigenvalue weighted by Crippen LogP contribution is 2.56. The molecule has 0 aromatic heterocycles. The summed E-state index contributed by atoms with van der Waals surface area (Å²) in [7, 11) is 4.58. The minimum absolute atomic E-state index is 0.0844. The standard InChI is InChI=1S/C20H25NO6/c1-24-14-6-4-12-10-16(25-2)21(19(23)26-3)9-8-20-11-13(22)5-7-15(20)27-18(14)17(12)20/h4,6,15-16H,5,7-11H2,1-3H3/t15-,16?,20+/m0/s1. The molecule has 0 N–H and O–H groups in total. The van der Waals surface area contributed by atoms with E-state index in [0.29, 0.717) is 44.4 Å². The molecule has 1 saturated carbocycles. The molecule has 27 heavy (non-hydrogen) atoms. The van der Waals surface area contributed by atoms with E-state index in [1.54, 1.807) is 19.1 Å². The number of amides is 1. The maximum atomic E-state index is 12.4. The highest BCUT2D eigenvalue weighted by molar-refractivity contribution is 5.82. The van der Waals surface area contributed by atoms with Gasteiger partial charge in [0.2, 0.25) is 0 Å². The molecule has 1 aromatic carbocycles. The van der Waals surface area contributed by atoms with Crippen LogP contribution in [0.25, 0.3) is 0 Å². The van der Waals surface area contributed by atoms with Crippen LogP contribution in [0.2, 0.25) is 0 Å². The summed E-state index contributed by atoms with van der Waals surface area (Å²) < 4.78 is 22.5. The number of ether oxygens (including phenoxy) is 4.